The predicted octanol–water partition coefficient (Wildman–Crippen LogP) is 3.23. The highest BCUT2D eigenvalue weighted by Gasteiger charge is 2.21. The standard InChI is InChI=1S/C19H13N3O4S2/c23-17-11-6-13-14(26-9-25-13)7-12(11)22-16(21-17)15(28-19(22)27)18(24)20-8-10-4-2-1-3-5-10/h1-7H,8-9H2,(H,20,24)(H,21,23). The van der Waals surface area contributed by atoms with Gasteiger partial charge in [-0.25, -0.2) is 0 Å². The number of carbonyl (C=O) groups is 1. The van der Waals surface area contributed by atoms with E-state index in [1.54, 1.807) is 16.5 Å². The second-order valence-electron chi connectivity index (χ2n) is 6.23. The lowest BCUT2D eigenvalue weighted by atomic mass is 10.2. The second-order valence-corrected chi connectivity index (χ2v) is 7.87. The summed E-state index contributed by atoms with van der Waals surface area (Å²) in [5.74, 6) is 0.765. The normalized spacial score (nSPS) is 12.6. The van der Waals surface area contributed by atoms with E-state index >= 15 is 0 Å². The van der Waals surface area contributed by atoms with E-state index in [1.807, 2.05) is 30.3 Å². The van der Waals surface area contributed by atoms with Crippen molar-refractivity contribution in [2.24, 2.45) is 0 Å². The summed E-state index contributed by atoms with van der Waals surface area (Å²) in [6.07, 6.45) is 0. The topological polar surface area (TPSA) is 84.8 Å². The maximum absolute atomic E-state index is 12.8. The summed E-state index contributed by atoms with van der Waals surface area (Å²) in [7, 11) is 0. The van der Waals surface area contributed by atoms with Crippen LogP contribution in [0.2, 0.25) is 0 Å². The highest BCUT2D eigenvalue weighted by atomic mass is 32.1. The molecule has 5 rings (SSSR count). The van der Waals surface area contributed by atoms with Crippen LogP contribution in [0.1, 0.15) is 15.2 Å². The van der Waals surface area contributed by atoms with Gasteiger partial charge in [0, 0.05) is 12.6 Å². The van der Waals surface area contributed by atoms with Crippen molar-refractivity contribution in [1.29, 1.82) is 0 Å². The number of hydrogen-bond acceptors (Lipinski definition) is 6. The largest absolute Gasteiger partial charge is 0.454 e. The van der Waals surface area contributed by atoms with Gasteiger partial charge in [-0.05, 0) is 23.8 Å². The van der Waals surface area contributed by atoms with Crippen LogP contribution in [-0.4, -0.2) is 22.1 Å². The zero-order chi connectivity index (χ0) is 19.3. The van der Waals surface area contributed by atoms with Crippen LogP contribution >= 0.6 is 23.6 Å². The number of hydrogen-bond donors (Lipinski definition) is 2. The minimum atomic E-state index is -0.321. The number of benzene rings is 2. The van der Waals surface area contributed by atoms with E-state index in [1.165, 1.54) is 0 Å². The summed E-state index contributed by atoms with van der Waals surface area (Å²) in [5, 5.41) is 3.29. The van der Waals surface area contributed by atoms with Gasteiger partial charge in [0.1, 0.15) is 10.5 Å². The van der Waals surface area contributed by atoms with Gasteiger partial charge < -0.3 is 19.8 Å². The first-order valence-corrected chi connectivity index (χ1v) is 9.67. The lowest BCUT2D eigenvalue weighted by Crippen LogP contribution is -2.23. The molecule has 1 amide bonds. The Kier molecular flexibility index (Phi) is 3.92. The van der Waals surface area contributed by atoms with Gasteiger partial charge in [0.15, 0.2) is 15.5 Å². The minimum absolute atomic E-state index is 0.106. The second kappa shape index (κ2) is 6.47. The maximum atomic E-state index is 12.8. The smallest absolute Gasteiger partial charge is 0.265 e. The number of nitrogens with zero attached hydrogens (tertiary/aromatic N) is 1. The van der Waals surface area contributed by atoms with Crippen molar-refractivity contribution in [1.82, 2.24) is 14.7 Å². The molecule has 1 aliphatic heterocycles. The highest BCUT2D eigenvalue weighted by Crippen LogP contribution is 2.36. The SMILES string of the molecule is O=C(NCc1ccccc1)c1sc(=S)n2c1[nH]c(=O)c1cc3c(cc12)OCO3. The molecule has 0 spiro atoms. The fourth-order valence-corrected chi connectivity index (χ4v) is 4.49. The van der Waals surface area contributed by atoms with Crippen molar-refractivity contribution >= 4 is 46.0 Å². The van der Waals surface area contributed by atoms with Crippen molar-refractivity contribution in [3.63, 3.8) is 0 Å². The molecule has 28 heavy (non-hydrogen) atoms. The van der Waals surface area contributed by atoms with Gasteiger partial charge in [0.2, 0.25) is 6.79 Å². The van der Waals surface area contributed by atoms with E-state index in [2.05, 4.69) is 10.3 Å². The molecule has 140 valence electrons. The number of thiazole rings is 1. The summed E-state index contributed by atoms with van der Waals surface area (Å²) < 4.78 is 12.9. The fraction of sp³-hybridized carbons (Fsp3) is 0.105. The molecule has 4 aromatic rings. The first kappa shape index (κ1) is 17.0. The number of fused-ring (bicyclic) bond motifs is 4. The molecule has 7 nitrogen and oxygen atoms in total. The average molecular weight is 411 g/mol. The van der Waals surface area contributed by atoms with E-state index in [0.29, 0.717) is 43.4 Å². The number of nitrogens with one attached hydrogen (secondary N) is 2. The van der Waals surface area contributed by atoms with Crippen LogP contribution in [-0.2, 0) is 6.54 Å². The number of ether oxygens (including phenoxy) is 2. The molecule has 1 aliphatic rings. The third kappa shape index (κ3) is 2.67. The Bertz CT molecular complexity index is 1360. The highest BCUT2D eigenvalue weighted by molar-refractivity contribution is 7.73. The van der Waals surface area contributed by atoms with Crippen LogP contribution in [0.25, 0.3) is 16.6 Å². The summed E-state index contributed by atoms with van der Waals surface area (Å²) in [6.45, 7) is 0.488. The van der Waals surface area contributed by atoms with Gasteiger partial charge in [-0.15, -0.1) is 0 Å². The van der Waals surface area contributed by atoms with Crippen molar-refractivity contribution in [3.8, 4) is 11.5 Å². The molecule has 0 saturated heterocycles. The van der Waals surface area contributed by atoms with Crippen LogP contribution in [0.5, 0.6) is 11.5 Å². The molecule has 3 heterocycles. The van der Waals surface area contributed by atoms with Crippen molar-refractivity contribution in [3.05, 3.63) is 67.2 Å². The van der Waals surface area contributed by atoms with Crippen LogP contribution in [0.15, 0.2) is 47.3 Å². The fourth-order valence-electron chi connectivity index (χ4n) is 3.19. The molecule has 0 fully saturated rings. The van der Waals surface area contributed by atoms with E-state index in [9.17, 15) is 9.59 Å². The number of carbonyl (C=O) groups excluding carboxylic acids is 1. The molecule has 0 aliphatic carbocycles. The quantitative estimate of drug-likeness (QED) is 0.506. The molecule has 0 bridgehead atoms. The number of aromatic nitrogens is 2. The number of rotatable bonds is 3. The summed E-state index contributed by atoms with van der Waals surface area (Å²) >= 11 is 6.63. The Morgan fingerprint density at radius 1 is 1.21 bits per heavy atom. The van der Waals surface area contributed by atoms with Gasteiger partial charge in [-0.2, -0.15) is 0 Å². The zero-order valence-corrected chi connectivity index (χ0v) is 16.0. The number of aromatic amines is 1. The number of amides is 1. The third-order valence-corrected chi connectivity index (χ3v) is 5.89. The van der Waals surface area contributed by atoms with E-state index < -0.39 is 0 Å². The first-order chi connectivity index (χ1) is 13.6. The van der Waals surface area contributed by atoms with Crippen LogP contribution in [0.3, 0.4) is 0 Å². The maximum Gasteiger partial charge on any atom is 0.265 e. The molecule has 0 saturated carbocycles. The van der Waals surface area contributed by atoms with Crippen molar-refractivity contribution in [2.75, 3.05) is 6.79 Å². The Morgan fingerprint density at radius 3 is 2.75 bits per heavy atom. The predicted molar refractivity (Wildman–Crippen MR) is 108 cm³/mol. The molecule has 2 N–H and O–H groups in total. The molecule has 0 radical (unpaired) electrons. The van der Waals surface area contributed by atoms with Gasteiger partial charge in [0.05, 0.1) is 10.9 Å². The summed E-state index contributed by atoms with van der Waals surface area (Å²) in [6, 6.07) is 12.9. The van der Waals surface area contributed by atoms with E-state index in [-0.39, 0.29) is 18.3 Å². The molecule has 0 atom stereocenters. The molecule has 2 aromatic heterocycles. The van der Waals surface area contributed by atoms with Crippen molar-refractivity contribution < 1.29 is 14.3 Å². The zero-order valence-electron chi connectivity index (χ0n) is 14.4. The van der Waals surface area contributed by atoms with Gasteiger partial charge in [-0.3, -0.25) is 14.0 Å². The lowest BCUT2D eigenvalue weighted by Gasteiger charge is -2.06. The molecule has 0 unspecified atom stereocenters. The van der Waals surface area contributed by atoms with Gasteiger partial charge >= 0.3 is 0 Å². The van der Waals surface area contributed by atoms with Crippen molar-refractivity contribution in [2.45, 2.75) is 6.54 Å². The molecular formula is C19H13N3O4S2. The Hall–Kier alpha value is -3.17. The Balaban J connectivity index is 1.62. The Labute approximate surface area is 167 Å². The number of H-pyrrole nitrogens is 1. The first-order valence-electron chi connectivity index (χ1n) is 8.45. The third-order valence-electron chi connectivity index (χ3n) is 4.52. The summed E-state index contributed by atoms with van der Waals surface area (Å²) in [5.41, 5.74) is 1.61. The monoisotopic (exact) mass is 411 g/mol. The lowest BCUT2D eigenvalue weighted by molar-refractivity contribution is 0.0956. The molecule has 9 heteroatoms. The minimum Gasteiger partial charge on any atom is -0.454 e. The van der Waals surface area contributed by atoms with Crippen LogP contribution in [0.4, 0.5) is 0 Å². The van der Waals surface area contributed by atoms with Gasteiger partial charge in [-0.1, -0.05) is 41.7 Å². The van der Waals surface area contributed by atoms with E-state index in [0.717, 1.165) is 16.9 Å². The molecule has 2 aromatic carbocycles. The van der Waals surface area contributed by atoms with E-state index in [4.69, 9.17) is 21.7 Å². The van der Waals surface area contributed by atoms with Crippen LogP contribution < -0.4 is 20.3 Å². The van der Waals surface area contributed by atoms with Crippen LogP contribution in [0, 0.1) is 3.95 Å². The average Bonchev–Trinajstić information content (AvgIpc) is 3.29. The van der Waals surface area contributed by atoms with Gasteiger partial charge in [0.25, 0.3) is 11.5 Å². The Morgan fingerprint density at radius 2 is 1.96 bits per heavy atom. The summed E-state index contributed by atoms with van der Waals surface area (Å²) in [4.78, 5) is 28.5. The molecular weight excluding hydrogens is 398 g/mol.